The first-order valence-corrected chi connectivity index (χ1v) is 11.8. The average molecular weight is 490 g/mol. The van der Waals surface area contributed by atoms with Crippen LogP contribution in [-0.2, 0) is 42.7 Å². The van der Waals surface area contributed by atoms with Crippen molar-refractivity contribution in [2.24, 2.45) is 17.8 Å². The highest BCUT2D eigenvalue weighted by atomic mass is 19.3. The highest BCUT2D eigenvalue weighted by molar-refractivity contribution is 5.78. The van der Waals surface area contributed by atoms with E-state index in [1.807, 2.05) is 0 Å². The molecule has 3 heterocycles. The van der Waals surface area contributed by atoms with Gasteiger partial charge in [0.25, 0.3) is 6.48 Å². The summed E-state index contributed by atoms with van der Waals surface area (Å²) < 4.78 is 67.0. The standard InChI is InChI=1S/C22H28F2O10/c1-3-28-19(27)31-14-12-13(29-16(14)25)15-17(30-12)33-22(32-15)10-4-9-5-11(22)8-21(6-9,7-10)34-18(26)20(2,23)24/h9-15,17,19,27H,3-8H2,1-2H3. The molecule has 7 rings (SSSR count). The van der Waals surface area contributed by atoms with Crippen LogP contribution in [0.1, 0.15) is 46.0 Å². The van der Waals surface area contributed by atoms with Crippen molar-refractivity contribution in [3.8, 4) is 0 Å². The van der Waals surface area contributed by atoms with Crippen molar-refractivity contribution >= 4 is 11.9 Å². The van der Waals surface area contributed by atoms with E-state index in [-0.39, 0.29) is 24.4 Å². The van der Waals surface area contributed by atoms with Crippen molar-refractivity contribution in [3.05, 3.63) is 0 Å². The average Bonchev–Trinajstić information content (AvgIpc) is 3.34. The number of rotatable bonds is 6. The van der Waals surface area contributed by atoms with Gasteiger partial charge in [-0.25, -0.2) is 9.59 Å². The fourth-order valence-electron chi connectivity index (χ4n) is 7.10. The van der Waals surface area contributed by atoms with Crippen LogP contribution in [0, 0.1) is 17.8 Å². The molecule has 0 aromatic rings. The third kappa shape index (κ3) is 3.33. The van der Waals surface area contributed by atoms with Crippen molar-refractivity contribution in [3.63, 3.8) is 0 Å². The van der Waals surface area contributed by atoms with Gasteiger partial charge in [-0.1, -0.05) is 0 Å². The lowest BCUT2D eigenvalue weighted by Gasteiger charge is -2.62. The highest BCUT2D eigenvalue weighted by Crippen LogP contribution is 2.65. The zero-order chi connectivity index (χ0) is 24.0. The zero-order valence-electron chi connectivity index (χ0n) is 18.8. The molecule has 7 fully saturated rings. The molecule has 1 spiro atoms. The Balaban J connectivity index is 1.18. The van der Waals surface area contributed by atoms with E-state index in [9.17, 15) is 23.5 Å². The van der Waals surface area contributed by atoms with Gasteiger partial charge in [-0.3, -0.25) is 0 Å². The van der Waals surface area contributed by atoms with E-state index in [4.69, 9.17) is 33.2 Å². The van der Waals surface area contributed by atoms with Gasteiger partial charge in [-0.15, -0.1) is 0 Å². The molecule has 8 atom stereocenters. The molecular formula is C22H28F2O10. The van der Waals surface area contributed by atoms with Crippen molar-refractivity contribution in [1.82, 2.24) is 0 Å². The number of hydrogen-bond acceptors (Lipinski definition) is 10. The maximum atomic E-state index is 13.5. The van der Waals surface area contributed by atoms with Gasteiger partial charge >= 0.3 is 17.9 Å². The van der Waals surface area contributed by atoms with Crippen LogP contribution in [0.4, 0.5) is 8.78 Å². The number of hydrogen-bond donors (Lipinski definition) is 1. The Morgan fingerprint density at radius 1 is 1.18 bits per heavy atom. The number of alkyl halides is 2. The van der Waals surface area contributed by atoms with Crippen LogP contribution in [0.15, 0.2) is 0 Å². The minimum absolute atomic E-state index is 0.173. The van der Waals surface area contributed by atoms with E-state index in [1.54, 1.807) is 6.92 Å². The Morgan fingerprint density at radius 2 is 1.88 bits per heavy atom. The normalized spacial score (nSPS) is 49.3. The van der Waals surface area contributed by atoms with E-state index in [0.717, 1.165) is 12.8 Å². The number of halogens is 2. The summed E-state index contributed by atoms with van der Waals surface area (Å²) in [4.78, 5) is 24.3. The fraction of sp³-hybridized carbons (Fsp3) is 0.909. The maximum absolute atomic E-state index is 13.5. The molecule has 7 aliphatic rings. The summed E-state index contributed by atoms with van der Waals surface area (Å²) in [5.41, 5.74) is -0.944. The van der Waals surface area contributed by atoms with Crippen LogP contribution >= 0.6 is 0 Å². The van der Waals surface area contributed by atoms with Gasteiger partial charge in [-0.2, -0.15) is 8.78 Å². The SMILES string of the molecule is CCOC(O)OC1C(=O)OC2C3OC4(OC3OC12)C1CC2CC4CC(OC(=O)C(C)(F)F)(C2)C1. The molecule has 8 unspecified atom stereocenters. The number of carbonyl (C=O) groups excluding carboxylic acids is 2. The van der Waals surface area contributed by atoms with Gasteiger partial charge in [0.15, 0.2) is 30.4 Å². The molecule has 4 aliphatic carbocycles. The molecule has 3 aliphatic heterocycles. The van der Waals surface area contributed by atoms with E-state index in [1.165, 1.54) is 0 Å². The van der Waals surface area contributed by atoms with Crippen molar-refractivity contribution < 1.29 is 56.6 Å². The first-order chi connectivity index (χ1) is 16.0. The minimum Gasteiger partial charge on any atom is -0.455 e. The van der Waals surface area contributed by atoms with Crippen LogP contribution in [0.3, 0.4) is 0 Å². The predicted molar refractivity (Wildman–Crippen MR) is 103 cm³/mol. The minimum atomic E-state index is -3.55. The highest BCUT2D eigenvalue weighted by Gasteiger charge is 2.73. The summed E-state index contributed by atoms with van der Waals surface area (Å²) in [6.45, 7) is 0.804. The van der Waals surface area contributed by atoms with Crippen molar-refractivity contribution in [1.29, 1.82) is 0 Å². The number of esters is 2. The summed E-state index contributed by atoms with van der Waals surface area (Å²) in [5.74, 6) is -6.88. The van der Waals surface area contributed by atoms with E-state index in [0.29, 0.717) is 26.2 Å². The Kier molecular flexibility index (Phi) is 5.09. The van der Waals surface area contributed by atoms with Gasteiger partial charge in [-0.05, 0) is 44.9 Å². The predicted octanol–water partition coefficient (Wildman–Crippen LogP) is 1.22. The van der Waals surface area contributed by atoms with Gasteiger partial charge in [0.1, 0.15) is 11.7 Å². The van der Waals surface area contributed by atoms with Crippen LogP contribution in [0.25, 0.3) is 0 Å². The maximum Gasteiger partial charge on any atom is 0.377 e. The largest absolute Gasteiger partial charge is 0.455 e. The molecule has 0 aromatic heterocycles. The van der Waals surface area contributed by atoms with Gasteiger partial charge in [0, 0.05) is 25.4 Å². The zero-order valence-corrected chi connectivity index (χ0v) is 18.8. The summed E-state index contributed by atoms with van der Waals surface area (Å²) >= 11 is 0. The van der Waals surface area contributed by atoms with E-state index in [2.05, 4.69) is 0 Å². The lowest BCUT2D eigenvalue weighted by molar-refractivity contribution is -0.346. The number of fused-ring (bicyclic) bond motifs is 3. The number of aliphatic hydroxyl groups is 1. The van der Waals surface area contributed by atoms with E-state index >= 15 is 0 Å². The molecule has 4 saturated carbocycles. The number of carbonyl (C=O) groups is 2. The Hall–Kier alpha value is -1.44. The Labute approximate surface area is 194 Å². The molecule has 0 radical (unpaired) electrons. The molecular weight excluding hydrogens is 462 g/mol. The summed E-state index contributed by atoms with van der Waals surface area (Å²) in [6.07, 6.45) is -1.48. The smallest absolute Gasteiger partial charge is 0.377 e. The van der Waals surface area contributed by atoms with Gasteiger partial charge in [0.2, 0.25) is 0 Å². The summed E-state index contributed by atoms with van der Waals surface area (Å²) in [5, 5.41) is 9.77. The van der Waals surface area contributed by atoms with Crippen molar-refractivity contribution in [2.45, 2.75) is 100 Å². The topological polar surface area (TPSA) is 119 Å². The summed E-state index contributed by atoms with van der Waals surface area (Å²) in [7, 11) is 0. The van der Waals surface area contributed by atoms with Crippen LogP contribution in [-0.4, -0.2) is 78.1 Å². The second-order valence-corrected chi connectivity index (χ2v) is 10.4. The van der Waals surface area contributed by atoms with Gasteiger partial charge < -0.3 is 38.3 Å². The van der Waals surface area contributed by atoms with Crippen molar-refractivity contribution in [2.75, 3.05) is 6.61 Å². The van der Waals surface area contributed by atoms with Crippen LogP contribution in [0.5, 0.6) is 0 Å². The first kappa shape index (κ1) is 23.0. The van der Waals surface area contributed by atoms with Crippen LogP contribution < -0.4 is 0 Å². The summed E-state index contributed by atoms with van der Waals surface area (Å²) in [6, 6.07) is 0. The monoisotopic (exact) mass is 490 g/mol. The molecule has 1 N–H and O–H groups in total. The van der Waals surface area contributed by atoms with Gasteiger partial charge in [0.05, 0.1) is 0 Å². The third-order valence-corrected chi connectivity index (χ3v) is 8.12. The molecule has 10 nitrogen and oxygen atoms in total. The molecule has 34 heavy (non-hydrogen) atoms. The molecule has 12 heteroatoms. The van der Waals surface area contributed by atoms with Crippen LogP contribution in [0.2, 0.25) is 0 Å². The Morgan fingerprint density at radius 3 is 2.53 bits per heavy atom. The van der Waals surface area contributed by atoms with E-state index < -0.39 is 66.4 Å². The molecule has 4 bridgehead atoms. The molecule has 0 aromatic carbocycles. The molecule has 0 amide bonds. The molecule has 3 saturated heterocycles. The second-order valence-electron chi connectivity index (χ2n) is 10.4. The quantitative estimate of drug-likeness (QED) is 0.430. The fourth-order valence-corrected chi connectivity index (χ4v) is 7.10. The lowest BCUT2D eigenvalue weighted by atomic mass is 9.51. The number of ether oxygens (including phenoxy) is 7. The first-order valence-electron chi connectivity index (χ1n) is 11.8. The lowest BCUT2D eigenvalue weighted by Crippen LogP contribution is -2.66. The third-order valence-electron chi connectivity index (χ3n) is 8.12. The number of aliphatic hydroxyl groups excluding tert-OH is 1. The Bertz CT molecular complexity index is 860. The second kappa shape index (κ2) is 7.53. The molecule has 190 valence electrons.